The van der Waals surface area contributed by atoms with Gasteiger partial charge in [0, 0.05) is 28.8 Å². The van der Waals surface area contributed by atoms with Crippen molar-refractivity contribution in [2.24, 2.45) is 0 Å². The van der Waals surface area contributed by atoms with Crippen LogP contribution in [-0.4, -0.2) is 9.97 Å². The van der Waals surface area contributed by atoms with Gasteiger partial charge in [0.1, 0.15) is 11.6 Å². The molecule has 2 N–H and O–H groups in total. The van der Waals surface area contributed by atoms with Crippen molar-refractivity contribution in [3.8, 4) is 11.1 Å². The molecule has 0 amide bonds. The summed E-state index contributed by atoms with van der Waals surface area (Å²) in [5.74, 6) is 1.22. The molecule has 16 heavy (non-hydrogen) atoms. The van der Waals surface area contributed by atoms with Gasteiger partial charge in [-0.3, -0.25) is 0 Å². The first-order valence-corrected chi connectivity index (χ1v) is 5.46. The molecule has 0 radical (unpaired) electrons. The summed E-state index contributed by atoms with van der Waals surface area (Å²) < 4.78 is 0. The average Bonchev–Trinajstić information content (AvgIpc) is 2.30. The number of anilines is 1. The lowest BCUT2D eigenvalue weighted by atomic mass is 10.1. The van der Waals surface area contributed by atoms with Crippen LogP contribution in [-0.2, 0) is 6.42 Å². The maximum atomic E-state index is 6.09. The van der Waals surface area contributed by atoms with E-state index in [1.807, 2.05) is 31.2 Å². The van der Waals surface area contributed by atoms with Crippen LogP contribution in [0.2, 0.25) is 5.02 Å². The van der Waals surface area contributed by atoms with Crippen molar-refractivity contribution < 1.29 is 0 Å². The zero-order valence-corrected chi connectivity index (χ0v) is 9.70. The van der Waals surface area contributed by atoms with Crippen LogP contribution in [0.5, 0.6) is 0 Å². The Balaban J connectivity index is 2.53. The highest BCUT2D eigenvalue weighted by Gasteiger charge is 2.08. The Morgan fingerprint density at radius 2 is 2.00 bits per heavy atom. The molecular formula is C12H12ClN3. The maximum Gasteiger partial charge on any atom is 0.135 e. The summed E-state index contributed by atoms with van der Waals surface area (Å²) in [6.45, 7) is 1.99. The molecule has 4 heteroatoms. The van der Waals surface area contributed by atoms with E-state index in [2.05, 4.69) is 9.97 Å². The van der Waals surface area contributed by atoms with Crippen molar-refractivity contribution in [3.63, 3.8) is 0 Å². The van der Waals surface area contributed by atoms with Gasteiger partial charge in [-0.15, -0.1) is 0 Å². The second kappa shape index (κ2) is 4.49. The lowest BCUT2D eigenvalue weighted by Crippen LogP contribution is -2.00. The highest BCUT2D eigenvalue weighted by Crippen LogP contribution is 2.30. The summed E-state index contributed by atoms with van der Waals surface area (Å²) in [5.41, 5.74) is 7.53. The number of nitrogen functional groups attached to an aromatic ring is 1. The first-order valence-electron chi connectivity index (χ1n) is 5.08. The lowest BCUT2D eigenvalue weighted by molar-refractivity contribution is 0.946. The second-order valence-corrected chi connectivity index (χ2v) is 3.83. The summed E-state index contributed by atoms with van der Waals surface area (Å²) in [7, 11) is 0. The number of hydrogen-bond acceptors (Lipinski definition) is 3. The van der Waals surface area contributed by atoms with Gasteiger partial charge in [-0.1, -0.05) is 36.7 Å². The van der Waals surface area contributed by atoms with E-state index < -0.39 is 0 Å². The van der Waals surface area contributed by atoms with E-state index in [1.165, 1.54) is 0 Å². The summed E-state index contributed by atoms with van der Waals surface area (Å²) in [6, 6.07) is 7.52. The van der Waals surface area contributed by atoms with Gasteiger partial charge in [0.15, 0.2) is 0 Å². The molecule has 3 nitrogen and oxygen atoms in total. The molecule has 82 valence electrons. The number of nitrogens with two attached hydrogens (primary N) is 1. The van der Waals surface area contributed by atoms with E-state index in [0.29, 0.717) is 10.8 Å². The molecule has 0 unspecified atom stereocenters. The van der Waals surface area contributed by atoms with Gasteiger partial charge in [-0.2, -0.15) is 0 Å². The first kappa shape index (κ1) is 10.9. The van der Waals surface area contributed by atoms with E-state index in [4.69, 9.17) is 17.3 Å². The molecule has 0 aliphatic carbocycles. The predicted octanol–water partition coefficient (Wildman–Crippen LogP) is 2.94. The Kier molecular flexibility index (Phi) is 3.06. The van der Waals surface area contributed by atoms with Gasteiger partial charge in [0.05, 0.1) is 0 Å². The van der Waals surface area contributed by atoms with Crippen LogP contribution < -0.4 is 5.73 Å². The molecule has 2 aromatic rings. The predicted molar refractivity (Wildman–Crippen MR) is 66.3 cm³/mol. The SMILES string of the molecule is CCc1ncc(-c2ccccc2Cl)c(N)n1. The third kappa shape index (κ3) is 1.99. The third-order valence-corrected chi connectivity index (χ3v) is 2.68. The normalized spacial score (nSPS) is 10.4. The second-order valence-electron chi connectivity index (χ2n) is 3.42. The van der Waals surface area contributed by atoms with E-state index in [9.17, 15) is 0 Å². The van der Waals surface area contributed by atoms with E-state index in [0.717, 1.165) is 23.4 Å². The van der Waals surface area contributed by atoms with Crippen LogP contribution in [0.15, 0.2) is 30.5 Å². The molecule has 0 aliphatic rings. The van der Waals surface area contributed by atoms with E-state index in [-0.39, 0.29) is 0 Å². The fraction of sp³-hybridized carbons (Fsp3) is 0.167. The Bertz CT molecular complexity index is 511. The molecule has 0 atom stereocenters. The maximum absolute atomic E-state index is 6.09. The highest BCUT2D eigenvalue weighted by atomic mass is 35.5. The lowest BCUT2D eigenvalue weighted by Gasteiger charge is -2.07. The van der Waals surface area contributed by atoms with E-state index >= 15 is 0 Å². The molecule has 0 bridgehead atoms. The molecule has 0 aliphatic heterocycles. The van der Waals surface area contributed by atoms with Crippen LogP contribution in [0.3, 0.4) is 0 Å². The van der Waals surface area contributed by atoms with Crippen molar-refractivity contribution in [2.45, 2.75) is 13.3 Å². The number of aromatic nitrogens is 2. The molecule has 0 fully saturated rings. The Hall–Kier alpha value is -1.61. The minimum atomic E-state index is 0.472. The van der Waals surface area contributed by atoms with Crippen molar-refractivity contribution in [2.75, 3.05) is 5.73 Å². The van der Waals surface area contributed by atoms with Crippen molar-refractivity contribution in [1.29, 1.82) is 0 Å². The van der Waals surface area contributed by atoms with Crippen LogP contribution in [0, 0.1) is 0 Å². The van der Waals surface area contributed by atoms with Crippen molar-refractivity contribution >= 4 is 17.4 Å². The molecule has 0 saturated carbocycles. The fourth-order valence-electron chi connectivity index (χ4n) is 1.49. The highest BCUT2D eigenvalue weighted by molar-refractivity contribution is 6.33. The van der Waals surface area contributed by atoms with Crippen molar-refractivity contribution in [3.05, 3.63) is 41.3 Å². The molecular weight excluding hydrogens is 222 g/mol. The summed E-state index contributed by atoms with van der Waals surface area (Å²) in [5, 5.41) is 0.655. The van der Waals surface area contributed by atoms with Crippen LogP contribution >= 0.6 is 11.6 Å². The number of benzene rings is 1. The average molecular weight is 234 g/mol. The van der Waals surface area contributed by atoms with Crippen LogP contribution in [0.25, 0.3) is 11.1 Å². The van der Waals surface area contributed by atoms with E-state index in [1.54, 1.807) is 6.20 Å². The fourth-order valence-corrected chi connectivity index (χ4v) is 1.73. The van der Waals surface area contributed by atoms with Gasteiger partial charge in [-0.05, 0) is 6.07 Å². The summed E-state index contributed by atoms with van der Waals surface area (Å²) in [6.07, 6.45) is 2.50. The molecule has 0 spiro atoms. The number of nitrogens with zero attached hydrogens (tertiary/aromatic N) is 2. The molecule has 1 heterocycles. The van der Waals surface area contributed by atoms with Gasteiger partial charge < -0.3 is 5.73 Å². The Morgan fingerprint density at radius 3 is 2.62 bits per heavy atom. The van der Waals surface area contributed by atoms with Gasteiger partial charge in [0.2, 0.25) is 0 Å². The van der Waals surface area contributed by atoms with Crippen molar-refractivity contribution in [1.82, 2.24) is 9.97 Å². The molecule has 0 saturated heterocycles. The standard InChI is InChI=1S/C12H12ClN3/c1-2-11-15-7-9(12(14)16-11)8-5-3-4-6-10(8)13/h3-7H,2H2,1H3,(H2,14,15,16). The largest absolute Gasteiger partial charge is 0.383 e. The molecule has 1 aromatic carbocycles. The van der Waals surface area contributed by atoms with Crippen LogP contribution in [0.1, 0.15) is 12.7 Å². The minimum Gasteiger partial charge on any atom is -0.383 e. The quantitative estimate of drug-likeness (QED) is 0.868. The summed E-state index contributed by atoms with van der Waals surface area (Å²) in [4.78, 5) is 8.44. The first-order chi connectivity index (χ1) is 7.72. The number of rotatable bonds is 2. The van der Waals surface area contributed by atoms with Crippen LogP contribution in [0.4, 0.5) is 5.82 Å². The molecule has 2 rings (SSSR count). The summed E-state index contributed by atoms with van der Waals surface area (Å²) >= 11 is 6.09. The van der Waals surface area contributed by atoms with Gasteiger partial charge >= 0.3 is 0 Å². The smallest absolute Gasteiger partial charge is 0.135 e. The monoisotopic (exact) mass is 233 g/mol. The number of halogens is 1. The number of aryl methyl sites for hydroxylation is 1. The molecule has 1 aromatic heterocycles. The Morgan fingerprint density at radius 1 is 1.25 bits per heavy atom. The number of hydrogen-bond donors (Lipinski definition) is 1. The van der Waals surface area contributed by atoms with Gasteiger partial charge in [0.25, 0.3) is 0 Å². The Labute approximate surface area is 99.3 Å². The topological polar surface area (TPSA) is 51.8 Å². The van der Waals surface area contributed by atoms with Gasteiger partial charge in [-0.25, -0.2) is 9.97 Å². The third-order valence-electron chi connectivity index (χ3n) is 2.35. The minimum absolute atomic E-state index is 0.472. The zero-order valence-electron chi connectivity index (χ0n) is 8.94. The zero-order chi connectivity index (χ0) is 11.5.